The summed E-state index contributed by atoms with van der Waals surface area (Å²) in [5.41, 5.74) is 0.356. The maximum atomic E-state index is 12.2. The Labute approximate surface area is 188 Å². The number of hydrogen-bond donors (Lipinski definition) is 2. The predicted molar refractivity (Wildman–Crippen MR) is 112 cm³/mol. The number of para-hydroxylation sites is 1. The van der Waals surface area contributed by atoms with E-state index in [1.54, 1.807) is 18.2 Å². The largest absolute Gasteiger partial charge is 0.433 e. The summed E-state index contributed by atoms with van der Waals surface area (Å²) in [5.74, 6) is -0.796. The quantitative estimate of drug-likeness (QED) is 0.269. The summed E-state index contributed by atoms with van der Waals surface area (Å²) in [6, 6.07) is 10.1. The lowest BCUT2D eigenvalue weighted by Crippen LogP contribution is -2.48. The van der Waals surface area contributed by atoms with Gasteiger partial charge in [0, 0.05) is 4.47 Å². The molecule has 2 N–H and O–H groups in total. The van der Waals surface area contributed by atoms with Crippen LogP contribution in [-0.2, 0) is 4.74 Å². The van der Waals surface area contributed by atoms with E-state index in [2.05, 4.69) is 26.6 Å². The Morgan fingerprint density at radius 2 is 1.56 bits per heavy atom. The standard InChI is InChI=1S/C16H10BrCl5N2O3/c17-9-6-4-8(5-7-9)13(25)27-14(16(20,21)22)24-15(26)23-12-10(18)2-1-3-11(12)19/h1-7,14H,(H2,23,24,26). The summed E-state index contributed by atoms with van der Waals surface area (Å²) in [5, 5.41) is 5.08. The molecule has 0 spiro atoms. The number of anilines is 1. The number of rotatable bonds is 4. The van der Waals surface area contributed by atoms with E-state index in [0.29, 0.717) is 0 Å². The normalized spacial score (nSPS) is 12.2. The van der Waals surface area contributed by atoms with Crippen LogP contribution < -0.4 is 10.6 Å². The number of urea groups is 1. The summed E-state index contributed by atoms with van der Waals surface area (Å²) in [6.07, 6.45) is -1.58. The van der Waals surface area contributed by atoms with Crippen molar-refractivity contribution >= 4 is 91.6 Å². The highest BCUT2D eigenvalue weighted by Gasteiger charge is 2.38. The van der Waals surface area contributed by atoms with E-state index in [0.717, 1.165) is 4.47 Å². The van der Waals surface area contributed by atoms with Crippen molar-refractivity contribution in [2.45, 2.75) is 10.0 Å². The van der Waals surface area contributed by atoms with Gasteiger partial charge in [-0.3, -0.25) is 5.32 Å². The number of hydrogen-bond acceptors (Lipinski definition) is 3. The van der Waals surface area contributed by atoms with Gasteiger partial charge in [-0.1, -0.05) is 80.0 Å². The molecule has 0 saturated heterocycles. The zero-order valence-electron chi connectivity index (χ0n) is 13.1. The van der Waals surface area contributed by atoms with Gasteiger partial charge >= 0.3 is 12.0 Å². The van der Waals surface area contributed by atoms with Crippen molar-refractivity contribution in [2.24, 2.45) is 0 Å². The third-order valence-electron chi connectivity index (χ3n) is 3.07. The number of carbonyl (C=O) groups is 2. The Hall–Kier alpha value is -0.890. The molecule has 0 aliphatic carbocycles. The van der Waals surface area contributed by atoms with Crippen LogP contribution in [0, 0.1) is 0 Å². The molecule has 0 radical (unpaired) electrons. The van der Waals surface area contributed by atoms with Gasteiger partial charge in [0.2, 0.25) is 10.0 Å². The lowest BCUT2D eigenvalue weighted by Gasteiger charge is -2.25. The molecule has 0 aliphatic heterocycles. The van der Waals surface area contributed by atoms with E-state index in [9.17, 15) is 9.59 Å². The fraction of sp³-hybridized carbons (Fsp3) is 0.125. The Bertz CT molecular complexity index is 823. The van der Waals surface area contributed by atoms with Crippen LogP contribution in [0.1, 0.15) is 10.4 Å². The minimum absolute atomic E-state index is 0.153. The highest BCUT2D eigenvalue weighted by Crippen LogP contribution is 2.33. The number of alkyl halides is 3. The second-order valence-corrected chi connectivity index (χ2v) is 9.13. The molecule has 27 heavy (non-hydrogen) atoms. The topological polar surface area (TPSA) is 67.4 Å². The SMILES string of the molecule is O=C(Nc1c(Cl)cccc1Cl)NC(OC(=O)c1ccc(Br)cc1)C(Cl)(Cl)Cl. The maximum absolute atomic E-state index is 12.2. The third-order valence-corrected chi connectivity index (χ3v) is 4.82. The fourth-order valence-corrected chi connectivity index (χ4v) is 2.88. The smallest absolute Gasteiger partial charge is 0.340 e. The molecule has 11 heteroatoms. The van der Waals surface area contributed by atoms with Crippen molar-refractivity contribution < 1.29 is 14.3 Å². The highest BCUT2D eigenvalue weighted by molar-refractivity contribution is 9.10. The van der Waals surface area contributed by atoms with Crippen LogP contribution in [0.2, 0.25) is 10.0 Å². The Morgan fingerprint density at radius 1 is 1.00 bits per heavy atom. The summed E-state index contributed by atoms with van der Waals surface area (Å²) < 4.78 is 3.76. The van der Waals surface area contributed by atoms with E-state index in [1.807, 2.05) is 0 Å². The van der Waals surface area contributed by atoms with E-state index in [1.165, 1.54) is 24.3 Å². The molecular weight excluding hydrogens is 525 g/mol. The first-order valence-electron chi connectivity index (χ1n) is 7.12. The Balaban J connectivity index is 2.11. The average molecular weight is 535 g/mol. The van der Waals surface area contributed by atoms with Crippen molar-refractivity contribution in [1.82, 2.24) is 5.32 Å². The van der Waals surface area contributed by atoms with E-state index >= 15 is 0 Å². The van der Waals surface area contributed by atoms with Crippen molar-refractivity contribution in [3.05, 3.63) is 62.5 Å². The van der Waals surface area contributed by atoms with Gasteiger partial charge in [0.25, 0.3) is 0 Å². The molecular formula is C16H10BrCl5N2O3. The predicted octanol–water partition coefficient (Wildman–Crippen LogP) is 6.43. The number of benzene rings is 2. The molecule has 2 amide bonds. The minimum atomic E-state index is -2.13. The molecule has 2 aromatic rings. The molecule has 0 heterocycles. The van der Waals surface area contributed by atoms with E-state index < -0.39 is 22.0 Å². The first kappa shape index (κ1) is 22.4. The van der Waals surface area contributed by atoms with Crippen LogP contribution >= 0.6 is 73.9 Å². The summed E-state index contributed by atoms with van der Waals surface area (Å²) in [6.45, 7) is 0. The molecule has 0 aliphatic rings. The van der Waals surface area contributed by atoms with Gasteiger partial charge in [0.05, 0.1) is 21.3 Å². The van der Waals surface area contributed by atoms with E-state index in [-0.39, 0.29) is 21.3 Å². The second-order valence-electron chi connectivity index (χ2n) is 5.03. The molecule has 0 aromatic heterocycles. The van der Waals surface area contributed by atoms with E-state index in [4.69, 9.17) is 62.7 Å². The number of halogens is 6. The molecule has 144 valence electrons. The average Bonchev–Trinajstić information content (AvgIpc) is 2.57. The first-order valence-corrected chi connectivity index (χ1v) is 9.81. The molecule has 0 saturated carbocycles. The lowest BCUT2D eigenvalue weighted by molar-refractivity contribution is 0.0261. The second kappa shape index (κ2) is 9.54. The van der Waals surface area contributed by atoms with Crippen molar-refractivity contribution in [1.29, 1.82) is 0 Å². The number of nitrogens with one attached hydrogen (secondary N) is 2. The Morgan fingerprint density at radius 3 is 2.07 bits per heavy atom. The summed E-state index contributed by atoms with van der Waals surface area (Å²) >= 11 is 32.7. The van der Waals surface area contributed by atoms with Crippen LogP contribution in [0.25, 0.3) is 0 Å². The van der Waals surface area contributed by atoms with Crippen LogP contribution in [0.3, 0.4) is 0 Å². The van der Waals surface area contributed by atoms with Gasteiger partial charge in [-0.25, -0.2) is 9.59 Å². The molecule has 0 fully saturated rings. The lowest BCUT2D eigenvalue weighted by atomic mass is 10.2. The molecule has 1 atom stereocenters. The van der Waals surface area contributed by atoms with Gasteiger partial charge in [0.1, 0.15) is 0 Å². The first-order chi connectivity index (χ1) is 12.6. The monoisotopic (exact) mass is 532 g/mol. The van der Waals surface area contributed by atoms with Crippen molar-refractivity contribution in [3.63, 3.8) is 0 Å². The van der Waals surface area contributed by atoms with Gasteiger partial charge in [0.15, 0.2) is 0 Å². The van der Waals surface area contributed by atoms with Crippen LogP contribution in [0.5, 0.6) is 0 Å². The number of carbonyl (C=O) groups excluding carboxylic acids is 2. The van der Waals surface area contributed by atoms with Crippen LogP contribution in [0.15, 0.2) is 46.9 Å². The minimum Gasteiger partial charge on any atom is -0.433 e. The maximum Gasteiger partial charge on any atom is 0.340 e. The van der Waals surface area contributed by atoms with Crippen LogP contribution in [0.4, 0.5) is 10.5 Å². The third kappa shape index (κ3) is 6.59. The van der Waals surface area contributed by atoms with Crippen molar-refractivity contribution in [3.8, 4) is 0 Å². The molecule has 0 bridgehead atoms. The molecule has 2 aromatic carbocycles. The fourth-order valence-electron chi connectivity index (χ4n) is 1.83. The van der Waals surface area contributed by atoms with Gasteiger partial charge < -0.3 is 10.1 Å². The zero-order chi connectivity index (χ0) is 20.2. The highest BCUT2D eigenvalue weighted by atomic mass is 79.9. The summed E-state index contributed by atoms with van der Waals surface area (Å²) in [7, 11) is 0. The zero-order valence-corrected chi connectivity index (χ0v) is 18.5. The van der Waals surface area contributed by atoms with Crippen LogP contribution in [-0.4, -0.2) is 22.0 Å². The van der Waals surface area contributed by atoms with Crippen molar-refractivity contribution in [2.75, 3.05) is 5.32 Å². The summed E-state index contributed by atoms with van der Waals surface area (Å²) in [4.78, 5) is 24.5. The number of amides is 2. The Kier molecular flexibility index (Phi) is 7.92. The molecule has 2 rings (SSSR count). The molecule has 1 unspecified atom stereocenters. The molecule has 5 nitrogen and oxygen atoms in total. The number of esters is 1. The van der Waals surface area contributed by atoms with Gasteiger partial charge in [-0.2, -0.15) is 0 Å². The number of ether oxygens (including phenoxy) is 1. The van der Waals surface area contributed by atoms with Gasteiger partial charge in [-0.05, 0) is 36.4 Å². The van der Waals surface area contributed by atoms with Gasteiger partial charge in [-0.15, -0.1) is 0 Å².